The molecule has 1 aliphatic carbocycles. The molecule has 0 bridgehead atoms. The van der Waals surface area contributed by atoms with Gasteiger partial charge in [0, 0.05) is 18.4 Å². The predicted octanol–water partition coefficient (Wildman–Crippen LogP) is 2.42. The first-order valence-electron chi connectivity index (χ1n) is 4.41. The smallest absolute Gasteiger partial charge is 0.248 e. The molecule has 0 heterocycles. The van der Waals surface area contributed by atoms with Crippen LogP contribution in [-0.4, -0.2) is 18.5 Å². The molecule has 0 aliphatic heterocycles. The van der Waals surface area contributed by atoms with Gasteiger partial charge in [-0.3, -0.25) is 0 Å². The maximum Gasteiger partial charge on any atom is 0.248 e. The third kappa shape index (κ3) is 2.41. The molecular weight excluding hydrogens is 160 g/mol. The van der Waals surface area contributed by atoms with E-state index in [1.165, 1.54) is 0 Å². The third-order valence-electron chi connectivity index (χ3n) is 2.65. The molecule has 0 amide bonds. The molecule has 1 nitrogen and oxygen atoms in total. The fraction of sp³-hybridized carbons (Fsp3) is 1.00. The minimum atomic E-state index is -2.37. The summed E-state index contributed by atoms with van der Waals surface area (Å²) in [4.78, 5) is 0. The normalized spacial score (nSPS) is 23.8. The Morgan fingerprint density at radius 3 is 2.25 bits per heavy atom. The van der Waals surface area contributed by atoms with Crippen molar-refractivity contribution in [3.8, 4) is 0 Å². The van der Waals surface area contributed by atoms with Crippen molar-refractivity contribution in [1.29, 1.82) is 0 Å². The summed E-state index contributed by atoms with van der Waals surface area (Å²) in [6.45, 7) is 4.09. The zero-order valence-corrected chi connectivity index (χ0v) is 7.95. The molecule has 12 heavy (non-hydrogen) atoms. The van der Waals surface area contributed by atoms with Crippen molar-refractivity contribution in [1.82, 2.24) is 5.32 Å². The summed E-state index contributed by atoms with van der Waals surface area (Å²) in [6.07, 6.45) is 1.01. The molecule has 1 saturated carbocycles. The molecule has 0 unspecified atom stereocenters. The molecule has 0 radical (unpaired) electrons. The highest BCUT2D eigenvalue weighted by Crippen LogP contribution is 2.45. The summed E-state index contributed by atoms with van der Waals surface area (Å²) in [5, 5.41) is 3.12. The Kier molecular flexibility index (Phi) is 2.43. The molecular formula is C9H17F2N. The second-order valence-electron chi connectivity index (χ2n) is 4.47. The van der Waals surface area contributed by atoms with E-state index < -0.39 is 5.92 Å². The molecule has 0 spiro atoms. The number of halogens is 2. The summed E-state index contributed by atoms with van der Waals surface area (Å²) in [5.74, 6) is -2.16. The lowest BCUT2D eigenvalue weighted by atomic mass is 9.74. The maximum atomic E-state index is 12.4. The Bertz CT molecular complexity index is 158. The summed E-state index contributed by atoms with van der Waals surface area (Å²) >= 11 is 0. The van der Waals surface area contributed by atoms with Crippen LogP contribution in [0.15, 0.2) is 0 Å². The first-order valence-corrected chi connectivity index (χ1v) is 4.41. The topological polar surface area (TPSA) is 12.0 Å². The Balaban J connectivity index is 2.27. The lowest BCUT2D eigenvalue weighted by Gasteiger charge is -2.39. The van der Waals surface area contributed by atoms with E-state index in [-0.39, 0.29) is 24.3 Å². The van der Waals surface area contributed by atoms with Gasteiger partial charge in [0.15, 0.2) is 0 Å². The van der Waals surface area contributed by atoms with Gasteiger partial charge in [0.1, 0.15) is 0 Å². The number of alkyl halides is 2. The highest BCUT2D eigenvalue weighted by atomic mass is 19.3. The van der Waals surface area contributed by atoms with Crippen LogP contribution in [0, 0.1) is 5.92 Å². The molecule has 0 saturated heterocycles. The average molecular weight is 177 g/mol. The van der Waals surface area contributed by atoms with Crippen LogP contribution in [0.4, 0.5) is 8.78 Å². The van der Waals surface area contributed by atoms with E-state index in [1.807, 2.05) is 20.9 Å². The van der Waals surface area contributed by atoms with Crippen LogP contribution in [0.2, 0.25) is 0 Å². The largest absolute Gasteiger partial charge is 0.315 e. The van der Waals surface area contributed by atoms with Gasteiger partial charge in [-0.2, -0.15) is 0 Å². The molecule has 0 atom stereocenters. The van der Waals surface area contributed by atoms with Gasteiger partial charge in [0.2, 0.25) is 5.92 Å². The van der Waals surface area contributed by atoms with E-state index in [0.717, 1.165) is 6.42 Å². The SMILES string of the molecule is CNC(C)(C)CC1CC(F)(F)C1. The van der Waals surface area contributed by atoms with Crippen LogP contribution in [0.5, 0.6) is 0 Å². The summed E-state index contributed by atoms with van der Waals surface area (Å²) in [5.41, 5.74) is 0.00116. The van der Waals surface area contributed by atoms with Crippen LogP contribution >= 0.6 is 0 Å². The molecule has 1 N–H and O–H groups in total. The monoisotopic (exact) mass is 177 g/mol. The minimum absolute atomic E-state index is 0.00116. The van der Waals surface area contributed by atoms with Crippen molar-refractivity contribution in [2.24, 2.45) is 5.92 Å². The molecule has 1 fully saturated rings. The van der Waals surface area contributed by atoms with Crippen molar-refractivity contribution in [3.63, 3.8) is 0 Å². The molecule has 1 aliphatic rings. The highest BCUT2D eigenvalue weighted by Gasteiger charge is 2.46. The van der Waals surface area contributed by atoms with Crippen molar-refractivity contribution >= 4 is 0 Å². The minimum Gasteiger partial charge on any atom is -0.315 e. The van der Waals surface area contributed by atoms with Crippen LogP contribution in [0.3, 0.4) is 0 Å². The zero-order valence-electron chi connectivity index (χ0n) is 7.95. The second kappa shape index (κ2) is 2.95. The van der Waals surface area contributed by atoms with Crippen molar-refractivity contribution in [3.05, 3.63) is 0 Å². The lowest BCUT2D eigenvalue weighted by Crippen LogP contribution is -2.44. The molecule has 1 rings (SSSR count). The Hall–Kier alpha value is -0.180. The van der Waals surface area contributed by atoms with Gasteiger partial charge in [0.25, 0.3) is 0 Å². The van der Waals surface area contributed by atoms with Gasteiger partial charge in [0.05, 0.1) is 0 Å². The van der Waals surface area contributed by atoms with Crippen LogP contribution < -0.4 is 5.32 Å². The van der Waals surface area contributed by atoms with Crippen LogP contribution in [-0.2, 0) is 0 Å². The van der Waals surface area contributed by atoms with Gasteiger partial charge >= 0.3 is 0 Å². The third-order valence-corrected chi connectivity index (χ3v) is 2.65. The summed E-state index contributed by atoms with van der Waals surface area (Å²) in [6, 6.07) is 0. The van der Waals surface area contributed by atoms with Gasteiger partial charge in [-0.25, -0.2) is 8.78 Å². The van der Waals surface area contributed by atoms with Gasteiger partial charge < -0.3 is 5.32 Å². The highest BCUT2D eigenvalue weighted by molar-refractivity contribution is 4.91. The number of nitrogens with one attached hydrogen (secondary N) is 1. The molecule has 0 aromatic rings. The second-order valence-corrected chi connectivity index (χ2v) is 4.47. The van der Waals surface area contributed by atoms with Crippen LogP contribution in [0.25, 0.3) is 0 Å². The van der Waals surface area contributed by atoms with E-state index >= 15 is 0 Å². The van der Waals surface area contributed by atoms with Crippen molar-refractivity contribution in [2.45, 2.75) is 44.6 Å². The lowest BCUT2D eigenvalue weighted by molar-refractivity contribution is -0.116. The Morgan fingerprint density at radius 2 is 1.92 bits per heavy atom. The molecule has 0 aromatic heterocycles. The maximum absolute atomic E-state index is 12.4. The number of hydrogen-bond acceptors (Lipinski definition) is 1. The Labute approximate surface area is 72.5 Å². The Morgan fingerprint density at radius 1 is 1.42 bits per heavy atom. The zero-order chi connectivity index (χ0) is 9.41. The average Bonchev–Trinajstić information content (AvgIpc) is 1.83. The van der Waals surface area contributed by atoms with Gasteiger partial charge in [-0.15, -0.1) is 0 Å². The molecule has 0 aromatic carbocycles. The van der Waals surface area contributed by atoms with E-state index in [1.54, 1.807) is 0 Å². The molecule has 72 valence electrons. The summed E-state index contributed by atoms with van der Waals surface area (Å²) < 4.78 is 24.9. The first kappa shape index (κ1) is 9.90. The van der Waals surface area contributed by atoms with Gasteiger partial charge in [-0.05, 0) is 33.2 Å². The van der Waals surface area contributed by atoms with E-state index in [0.29, 0.717) is 0 Å². The number of hydrogen-bond donors (Lipinski definition) is 1. The van der Waals surface area contributed by atoms with E-state index in [4.69, 9.17) is 0 Å². The van der Waals surface area contributed by atoms with Crippen molar-refractivity contribution in [2.75, 3.05) is 7.05 Å². The fourth-order valence-corrected chi connectivity index (χ4v) is 1.75. The predicted molar refractivity (Wildman–Crippen MR) is 45.4 cm³/mol. The summed E-state index contributed by atoms with van der Waals surface area (Å²) in [7, 11) is 1.87. The number of rotatable bonds is 3. The standard InChI is InChI=1S/C9H17F2N/c1-8(2,12-3)4-7-5-9(10,11)6-7/h7,12H,4-6H2,1-3H3. The quantitative estimate of drug-likeness (QED) is 0.698. The van der Waals surface area contributed by atoms with E-state index in [2.05, 4.69) is 5.32 Å². The fourth-order valence-electron chi connectivity index (χ4n) is 1.75. The van der Waals surface area contributed by atoms with Crippen molar-refractivity contribution < 1.29 is 8.78 Å². The molecule has 3 heteroatoms. The first-order chi connectivity index (χ1) is 5.35. The van der Waals surface area contributed by atoms with E-state index in [9.17, 15) is 8.78 Å². The van der Waals surface area contributed by atoms with Crippen LogP contribution in [0.1, 0.15) is 33.1 Å². The van der Waals surface area contributed by atoms with Gasteiger partial charge in [-0.1, -0.05) is 0 Å².